The molecule has 5 rings (SSSR count). The maximum absolute atomic E-state index is 14.2. The summed E-state index contributed by atoms with van der Waals surface area (Å²) in [6, 6.07) is 21.1. The van der Waals surface area contributed by atoms with Gasteiger partial charge in [0.2, 0.25) is 5.91 Å². The second-order valence-corrected chi connectivity index (χ2v) is 10.3. The molecular weight excluding hydrogens is 396 g/mol. The Labute approximate surface area is 192 Å². The van der Waals surface area contributed by atoms with E-state index in [1.807, 2.05) is 6.07 Å². The second kappa shape index (κ2) is 8.99. The Hall–Kier alpha value is -2.17. The highest BCUT2D eigenvalue weighted by Gasteiger charge is 2.50. The predicted molar refractivity (Wildman–Crippen MR) is 127 cm³/mol. The van der Waals surface area contributed by atoms with Crippen LogP contribution in [0.1, 0.15) is 56.1 Å². The van der Waals surface area contributed by atoms with E-state index < -0.39 is 5.41 Å². The van der Waals surface area contributed by atoms with Crippen molar-refractivity contribution < 1.29 is 9.90 Å². The minimum atomic E-state index is -0.448. The van der Waals surface area contributed by atoms with Crippen LogP contribution in [0.2, 0.25) is 0 Å². The standard InChI is InChI=1S/C28H36N2O2/c31-25-13-7-14-27(25)15-8-18-30(22-27)26(32)28(24-11-5-2-6-12-24)16-19-29(20-17-28)21-23-9-3-1-4-10-23/h1-6,9-12,25,31H,7-8,13-22H2/t25-,27+/m1/s1. The summed E-state index contributed by atoms with van der Waals surface area (Å²) in [6.07, 6.45) is 6.56. The van der Waals surface area contributed by atoms with E-state index in [1.165, 1.54) is 5.56 Å². The smallest absolute Gasteiger partial charge is 0.233 e. The van der Waals surface area contributed by atoms with Gasteiger partial charge in [0.15, 0.2) is 0 Å². The van der Waals surface area contributed by atoms with Gasteiger partial charge in [0, 0.05) is 25.0 Å². The number of aliphatic hydroxyl groups is 1. The first-order chi connectivity index (χ1) is 15.6. The van der Waals surface area contributed by atoms with Crippen LogP contribution >= 0.6 is 0 Å². The van der Waals surface area contributed by atoms with Crippen molar-refractivity contribution in [2.24, 2.45) is 5.41 Å². The first-order valence-electron chi connectivity index (χ1n) is 12.4. The van der Waals surface area contributed by atoms with E-state index in [9.17, 15) is 9.90 Å². The number of piperidine rings is 2. The lowest BCUT2D eigenvalue weighted by atomic mass is 9.70. The van der Waals surface area contributed by atoms with Crippen molar-refractivity contribution in [2.45, 2.75) is 63.0 Å². The van der Waals surface area contributed by atoms with Crippen molar-refractivity contribution >= 4 is 5.91 Å². The minimum absolute atomic E-state index is 0.0696. The highest BCUT2D eigenvalue weighted by molar-refractivity contribution is 5.88. The molecule has 170 valence electrons. The van der Waals surface area contributed by atoms with Crippen molar-refractivity contribution in [3.63, 3.8) is 0 Å². The van der Waals surface area contributed by atoms with Gasteiger partial charge >= 0.3 is 0 Å². The Morgan fingerprint density at radius 3 is 2.19 bits per heavy atom. The van der Waals surface area contributed by atoms with E-state index in [1.54, 1.807) is 0 Å². The molecule has 3 fully saturated rings. The molecule has 2 aromatic carbocycles. The molecule has 0 radical (unpaired) electrons. The number of benzene rings is 2. The first kappa shape index (κ1) is 21.7. The Morgan fingerprint density at radius 1 is 0.875 bits per heavy atom. The Kier molecular flexibility index (Phi) is 6.09. The third kappa shape index (κ3) is 3.99. The maximum atomic E-state index is 14.2. The number of likely N-dealkylation sites (tertiary alicyclic amines) is 2. The summed E-state index contributed by atoms with van der Waals surface area (Å²) in [5.74, 6) is 0.293. The van der Waals surface area contributed by atoms with E-state index in [2.05, 4.69) is 64.4 Å². The number of aliphatic hydroxyl groups excluding tert-OH is 1. The van der Waals surface area contributed by atoms with Crippen LogP contribution in [0.5, 0.6) is 0 Å². The third-order valence-corrected chi connectivity index (χ3v) is 8.45. The second-order valence-electron chi connectivity index (χ2n) is 10.3. The van der Waals surface area contributed by atoms with E-state index in [0.717, 1.165) is 83.2 Å². The molecule has 2 aromatic rings. The molecule has 3 aliphatic rings. The van der Waals surface area contributed by atoms with Crippen molar-refractivity contribution in [1.29, 1.82) is 0 Å². The van der Waals surface area contributed by atoms with E-state index >= 15 is 0 Å². The number of carbonyl (C=O) groups is 1. The van der Waals surface area contributed by atoms with Gasteiger partial charge in [-0.05, 0) is 62.7 Å². The molecule has 1 amide bonds. The third-order valence-electron chi connectivity index (χ3n) is 8.45. The van der Waals surface area contributed by atoms with Crippen LogP contribution in [0.15, 0.2) is 60.7 Å². The first-order valence-corrected chi connectivity index (χ1v) is 12.4. The molecule has 1 spiro atoms. The lowest BCUT2D eigenvalue weighted by Gasteiger charge is -2.48. The van der Waals surface area contributed by atoms with Crippen molar-refractivity contribution in [1.82, 2.24) is 9.80 Å². The number of nitrogens with zero attached hydrogens (tertiary/aromatic N) is 2. The summed E-state index contributed by atoms with van der Waals surface area (Å²) in [5, 5.41) is 10.7. The summed E-state index contributed by atoms with van der Waals surface area (Å²) in [7, 11) is 0. The number of hydrogen-bond acceptors (Lipinski definition) is 3. The van der Waals surface area contributed by atoms with Crippen LogP contribution < -0.4 is 0 Å². The van der Waals surface area contributed by atoms with Gasteiger partial charge in [0.25, 0.3) is 0 Å². The summed E-state index contributed by atoms with van der Waals surface area (Å²) in [4.78, 5) is 18.8. The quantitative estimate of drug-likeness (QED) is 0.780. The van der Waals surface area contributed by atoms with E-state index in [-0.39, 0.29) is 11.5 Å². The summed E-state index contributed by atoms with van der Waals surface area (Å²) < 4.78 is 0. The molecule has 1 saturated carbocycles. The van der Waals surface area contributed by atoms with Crippen LogP contribution in [0.4, 0.5) is 0 Å². The molecule has 0 aromatic heterocycles. The molecule has 0 bridgehead atoms. The van der Waals surface area contributed by atoms with Gasteiger partial charge in [-0.25, -0.2) is 0 Å². The monoisotopic (exact) mass is 432 g/mol. The van der Waals surface area contributed by atoms with Crippen molar-refractivity contribution in [2.75, 3.05) is 26.2 Å². The number of hydrogen-bond donors (Lipinski definition) is 1. The average molecular weight is 433 g/mol. The molecular formula is C28H36N2O2. The lowest BCUT2D eigenvalue weighted by molar-refractivity contribution is -0.145. The molecule has 2 aliphatic heterocycles. The van der Waals surface area contributed by atoms with Crippen LogP contribution in [0, 0.1) is 5.41 Å². The van der Waals surface area contributed by atoms with Gasteiger partial charge in [-0.3, -0.25) is 9.69 Å². The lowest BCUT2D eigenvalue weighted by Crippen LogP contribution is -2.57. The van der Waals surface area contributed by atoms with Crippen LogP contribution in [0.3, 0.4) is 0 Å². The summed E-state index contributed by atoms with van der Waals surface area (Å²) in [5.41, 5.74) is 1.98. The Bertz CT molecular complexity index is 908. The van der Waals surface area contributed by atoms with Gasteiger partial charge in [-0.2, -0.15) is 0 Å². The Morgan fingerprint density at radius 2 is 1.53 bits per heavy atom. The largest absolute Gasteiger partial charge is 0.392 e. The minimum Gasteiger partial charge on any atom is -0.392 e. The summed E-state index contributed by atoms with van der Waals surface area (Å²) in [6.45, 7) is 4.36. The topological polar surface area (TPSA) is 43.8 Å². The van der Waals surface area contributed by atoms with Crippen LogP contribution in [-0.4, -0.2) is 53.1 Å². The molecule has 4 heteroatoms. The van der Waals surface area contributed by atoms with Crippen molar-refractivity contribution in [3.05, 3.63) is 71.8 Å². The number of amides is 1. The molecule has 2 saturated heterocycles. The Balaban J connectivity index is 1.37. The fourth-order valence-corrected chi connectivity index (χ4v) is 6.55. The van der Waals surface area contributed by atoms with E-state index in [0.29, 0.717) is 5.91 Å². The van der Waals surface area contributed by atoms with Crippen LogP contribution in [0.25, 0.3) is 0 Å². The zero-order valence-electron chi connectivity index (χ0n) is 19.1. The van der Waals surface area contributed by atoms with Gasteiger partial charge in [0.05, 0.1) is 11.5 Å². The van der Waals surface area contributed by atoms with Crippen LogP contribution in [-0.2, 0) is 16.8 Å². The normalized spacial score (nSPS) is 28.2. The molecule has 1 N–H and O–H groups in total. The maximum Gasteiger partial charge on any atom is 0.233 e. The summed E-state index contributed by atoms with van der Waals surface area (Å²) >= 11 is 0. The van der Waals surface area contributed by atoms with Gasteiger partial charge in [0.1, 0.15) is 0 Å². The zero-order valence-corrected chi connectivity index (χ0v) is 19.1. The molecule has 2 heterocycles. The highest BCUT2D eigenvalue weighted by Crippen LogP contribution is 2.47. The average Bonchev–Trinajstić information content (AvgIpc) is 3.19. The van der Waals surface area contributed by atoms with Gasteiger partial charge in [-0.1, -0.05) is 67.1 Å². The molecule has 0 unspecified atom stereocenters. The number of rotatable bonds is 4. The molecule has 1 aliphatic carbocycles. The molecule has 4 nitrogen and oxygen atoms in total. The fraction of sp³-hybridized carbons (Fsp3) is 0.536. The highest BCUT2D eigenvalue weighted by atomic mass is 16.3. The SMILES string of the molecule is O=C(N1CCC[C@@]2(CCC[C@H]2O)C1)C1(c2ccccc2)CCN(Cc2ccccc2)CC1. The fourth-order valence-electron chi connectivity index (χ4n) is 6.55. The van der Waals surface area contributed by atoms with Gasteiger partial charge < -0.3 is 10.0 Å². The number of carbonyl (C=O) groups excluding carboxylic acids is 1. The molecule has 32 heavy (non-hydrogen) atoms. The van der Waals surface area contributed by atoms with E-state index in [4.69, 9.17) is 0 Å². The van der Waals surface area contributed by atoms with Crippen molar-refractivity contribution in [3.8, 4) is 0 Å². The molecule has 2 atom stereocenters. The van der Waals surface area contributed by atoms with Gasteiger partial charge in [-0.15, -0.1) is 0 Å². The zero-order chi connectivity index (χ0) is 22.0. The predicted octanol–water partition coefficient (Wildman–Crippen LogP) is 4.37.